The first kappa shape index (κ1) is 11.9. The van der Waals surface area contributed by atoms with Crippen LogP contribution in [0.15, 0.2) is 48.7 Å². The van der Waals surface area contributed by atoms with Crippen molar-refractivity contribution in [3.8, 4) is 5.75 Å². The number of phenolic OH excluding ortho intramolecular Hbond substituents is 1. The molecule has 2 amide bonds. The van der Waals surface area contributed by atoms with Gasteiger partial charge in [0.1, 0.15) is 5.75 Å². The van der Waals surface area contributed by atoms with Gasteiger partial charge in [-0.05, 0) is 24.3 Å². The first-order chi connectivity index (χ1) is 8.75. The van der Waals surface area contributed by atoms with Crippen molar-refractivity contribution in [3.05, 3.63) is 54.4 Å². The zero-order chi connectivity index (χ0) is 12.8. The second-order valence-electron chi connectivity index (χ2n) is 3.65. The second-order valence-corrected chi connectivity index (χ2v) is 3.65. The molecule has 0 saturated heterocycles. The molecular formula is C13H13N3O2. The first-order valence-electron chi connectivity index (χ1n) is 5.48. The number of amides is 2. The third-order valence-electron chi connectivity index (χ3n) is 2.31. The number of rotatable bonds is 3. The summed E-state index contributed by atoms with van der Waals surface area (Å²) in [4.78, 5) is 15.7. The van der Waals surface area contributed by atoms with E-state index in [1.165, 1.54) is 6.07 Å². The van der Waals surface area contributed by atoms with Gasteiger partial charge >= 0.3 is 6.03 Å². The molecule has 2 aromatic rings. The highest BCUT2D eigenvalue weighted by molar-refractivity contribution is 5.90. The molecule has 3 N–H and O–H groups in total. The maximum Gasteiger partial charge on any atom is 0.319 e. The van der Waals surface area contributed by atoms with Gasteiger partial charge in [0.15, 0.2) is 0 Å². The number of para-hydroxylation sites is 2. The fraction of sp³-hybridized carbons (Fsp3) is 0.0769. The molecule has 5 nitrogen and oxygen atoms in total. The van der Waals surface area contributed by atoms with E-state index in [0.29, 0.717) is 12.2 Å². The van der Waals surface area contributed by atoms with Crippen molar-refractivity contribution in [2.24, 2.45) is 0 Å². The largest absolute Gasteiger partial charge is 0.506 e. The van der Waals surface area contributed by atoms with Crippen LogP contribution in [-0.2, 0) is 6.54 Å². The van der Waals surface area contributed by atoms with E-state index in [1.807, 2.05) is 18.2 Å². The highest BCUT2D eigenvalue weighted by Crippen LogP contribution is 2.20. The van der Waals surface area contributed by atoms with Crippen LogP contribution in [-0.4, -0.2) is 16.1 Å². The number of nitrogens with one attached hydrogen (secondary N) is 2. The standard InChI is InChI=1S/C13H13N3O2/c17-12-7-2-1-6-11(12)16-13(18)15-9-10-5-3-4-8-14-10/h1-8,17H,9H2,(H2,15,16,18). The van der Waals surface area contributed by atoms with Gasteiger partial charge in [-0.2, -0.15) is 0 Å². The Kier molecular flexibility index (Phi) is 3.76. The number of pyridine rings is 1. The Hall–Kier alpha value is -2.56. The van der Waals surface area contributed by atoms with E-state index < -0.39 is 0 Å². The smallest absolute Gasteiger partial charge is 0.319 e. The summed E-state index contributed by atoms with van der Waals surface area (Å²) in [6.45, 7) is 0.334. The zero-order valence-corrected chi connectivity index (χ0v) is 9.63. The topological polar surface area (TPSA) is 74.2 Å². The number of carbonyl (C=O) groups excluding carboxylic acids is 1. The molecule has 92 valence electrons. The summed E-state index contributed by atoms with van der Waals surface area (Å²) in [5, 5.41) is 14.7. The van der Waals surface area contributed by atoms with Gasteiger partial charge in [0.2, 0.25) is 0 Å². The predicted octanol–water partition coefficient (Wildman–Crippen LogP) is 2.11. The number of aromatic hydroxyl groups is 1. The number of urea groups is 1. The number of phenols is 1. The molecule has 0 unspecified atom stereocenters. The molecule has 5 heteroatoms. The summed E-state index contributed by atoms with van der Waals surface area (Å²) in [5.74, 6) is 0.0329. The van der Waals surface area contributed by atoms with Crippen LogP contribution in [0.4, 0.5) is 10.5 Å². The van der Waals surface area contributed by atoms with E-state index in [4.69, 9.17) is 0 Å². The number of aromatic nitrogens is 1. The minimum absolute atomic E-state index is 0.0329. The Balaban J connectivity index is 1.88. The average Bonchev–Trinajstić information content (AvgIpc) is 2.40. The lowest BCUT2D eigenvalue weighted by molar-refractivity contribution is 0.251. The molecule has 0 aliphatic carbocycles. The first-order valence-corrected chi connectivity index (χ1v) is 5.48. The second kappa shape index (κ2) is 5.67. The number of carbonyl (C=O) groups is 1. The van der Waals surface area contributed by atoms with Gasteiger partial charge in [-0.15, -0.1) is 0 Å². The van der Waals surface area contributed by atoms with Crippen molar-refractivity contribution in [1.29, 1.82) is 0 Å². The van der Waals surface area contributed by atoms with E-state index in [1.54, 1.807) is 24.4 Å². The van der Waals surface area contributed by atoms with Gasteiger partial charge in [-0.1, -0.05) is 18.2 Å². The molecule has 2 rings (SSSR count). The summed E-state index contributed by atoms with van der Waals surface area (Å²) < 4.78 is 0. The van der Waals surface area contributed by atoms with Crippen LogP contribution >= 0.6 is 0 Å². The van der Waals surface area contributed by atoms with Crippen LogP contribution in [0, 0.1) is 0 Å². The van der Waals surface area contributed by atoms with Gasteiger partial charge in [-0.25, -0.2) is 4.79 Å². The minimum Gasteiger partial charge on any atom is -0.506 e. The summed E-state index contributed by atoms with van der Waals surface area (Å²) in [6.07, 6.45) is 1.66. The Morgan fingerprint density at radius 1 is 1.17 bits per heavy atom. The normalized spacial score (nSPS) is 9.78. The SMILES string of the molecule is O=C(NCc1ccccn1)Nc1ccccc1O. The highest BCUT2D eigenvalue weighted by atomic mass is 16.3. The van der Waals surface area contributed by atoms with E-state index >= 15 is 0 Å². The number of anilines is 1. The lowest BCUT2D eigenvalue weighted by atomic mass is 10.3. The molecule has 0 fully saturated rings. The highest BCUT2D eigenvalue weighted by Gasteiger charge is 2.04. The molecule has 18 heavy (non-hydrogen) atoms. The minimum atomic E-state index is -0.387. The quantitative estimate of drug-likeness (QED) is 0.723. The number of nitrogens with zero attached hydrogens (tertiary/aromatic N) is 1. The lowest BCUT2D eigenvalue weighted by Gasteiger charge is -2.08. The lowest BCUT2D eigenvalue weighted by Crippen LogP contribution is -2.28. The van der Waals surface area contributed by atoms with Gasteiger partial charge < -0.3 is 15.7 Å². The fourth-order valence-corrected chi connectivity index (χ4v) is 1.42. The van der Waals surface area contributed by atoms with Crippen molar-refractivity contribution in [2.75, 3.05) is 5.32 Å². The molecule has 0 radical (unpaired) electrons. The van der Waals surface area contributed by atoms with Crippen LogP contribution in [0.2, 0.25) is 0 Å². The van der Waals surface area contributed by atoms with Crippen LogP contribution in [0.3, 0.4) is 0 Å². The molecule has 1 aromatic heterocycles. The molecule has 0 atom stereocenters. The Bertz CT molecular complexity index is 529. The summed E-state index contributed by atoms with van der Waals surface area (Å²) in [6, 6.07) is 11.6. The summed E-state index contributed by atoms with van der Waals surface area (Å²) in [5.41, 5.74) is 1.14. The Morgan fingerprint density at radius 2 is 1.94 bits per heavy atom. The van der Waals surface area contributed by atoms with E-state index in [9.17, 15) is 9.90 Å². The van der Waals surface area contributed by atoms with Gasteiger partial charge in [0.05, 0.1) is 17.9 Å². The fourth-order valence-electron chi connectivity index (χ4n) is 1.42. The van der Waals surface area contributed by atoms with Crippen LogP contribution in [0.25, 0.3) is 0 Å². The maximum absolute atomic E-state index is 11.6. The van der Waals surface area contributed by atoms with Crippen LogP contribution in [0.5, 0.6) is 5.75 Å². The van der Waals surface area contributed by atoms with E-state index in [-0.39, 0.29) is 11.8 Å². The van der Waals surface area contributed by atoms with Crippen molar-refractivity contribution < 1.29 is 9.90 Å². The third kappa shape index (κ3) is 3.21. The van der Waals surface area contributed by atoms with Gasteiger partial charge in [0.25, 0.3) is 0 Å². The number of hydrogen-bond donors (Lipinski definition) is 3. The van der Waals surface area contributed by atoms with Crippen molar-refractivity contribution in [2.45, 2.75) is 6.54 Å². The van der Waals surface area contributed by atoms with E-state index in [2.05, 4.69) is 15.6 Å². The zero-order valence-electron chi connectivity index (χ0n) is 9.63. The monoisotopic (exact) mass is 243 g/mol. The summed E-state index contributed by atoms with van der Waals surface area (Å²) in [7, 11) is 0. The predicted molar refractivity (Wildman–Crippen MR) is 68.2 cm³/mol. The molecule has 0 aliphatic rings. The van der Waals surface area contributed by atoms with Gasteiger partial charge in [0, 0.05) is 6.20 Å². The van der Waals surface area contributed by atoms with Crippen LogP contribution < -0.4 is 10.6 Å². The molecule has 1 aromatic carbocycles. The Morgan fingerprint density at radius 3 is 2.67 bits per heavy atom. The molecule has 1 heterocycles. The summed E-state index contributed by atoms with van der Waals surface area (Å²) >= 11 is 0. The van der Waals surface area contributed by atoms with Gasteiger partial charge in [-0.3, -0.25) is 4.98 Å². The number of hydrogen-bond acceptors (Lipinski definition) is 3. The Labute approximate surface area is 104 Å². The number of benzene rings is 1. The molecule has 0 saturated carbocycles. The molecule has 0 spiro atoms. The maximum atomic E-state index is 11.6. The third-order valence-corrected chi connectivity index (χ3v) is 2.31. The average molecular weight is 243 g/mol. The molecule has 0 aliphatic heterocycles. The van der Waals surface area contributed by atoms with Crippen molar-refractivity contribution in [1.82, 2.24) is 10.3 Å². The van der Waals surface area contributed by atoms with Crippen molar-refractivity contribution >= 4 is 11.7 Å². The molecule has 0 bridgehead atoms. The van der Waals surface area contributed by atoms with E-state index in [0.717, 1.165) is 5.69 Å². The molecular weight excluding hydrogens is 230 g/mol. The van der Waals surface area contributed by atoms with Crippen LogP contribution in [0.1, 0.15) is 5.69 Å². The van der Waals surface area contributed by atoms with Crippen molar-refractivity contribution in [3.63, 3.8) is 0 Å².